The van der Waals surface area contributed by atoms with Crippen LogP contribution in [-0.2, 0) is 0 Å². The lowest BCUT2D eigenvalue weighted by molar-refractivity contribution is -0.385. The number of benzene rings is 2. The molecule has 1 atom stereocenters. The predicted octanol–water partition coefficient (Wildman–Crippen LogP) is 3.91. The molecule has 0 bridgehead atoms. The van der Waals surface area contributed by atoms with Crippen molar-refractivity contribution < 1.29 is 14.4 Å². The van der Waals surface area contributed by atoms with E-state index in [-0.39, 0.29) is 11.6 Å². The maximum absolute atomic E-state index is 10.8. The summed E-state index contributed by atoms with van der Waals surface area (Å²) < 4.78 is 12.0. The summed E-state index contributed by atoms with van der Waals surface area (Å²) in [7, 11) is 0. The molecule has 0 saturated carbocycles. The third-order valence-corrected chi connectivity index (χ3v) is 4.02. The first-order valence-electron chi connectivity index (χ1n) is 6.43. The lowest BCUT2D eigenvalue weighted by atomic mass is 10.0. The molecule has 0 amide bonds. The van der Waals surface area contributed by atoms with Gasteiger partial charge in [-0.15, -0.1) is 0 Å². The van der Waals surface area contributed by atoms with E-state index in [2.05, 4.69) is 15.9 Å². The van der Waals surface area contributed by atoms with Gasteiger partial charge in [-0.25, -0.2) is 0 Å². The van der Waals surface area contributed by atoms with Crippen molar-refractivity contribution in [3.63, 3.8) is 0 Å². The minimum Gasteiger partial charge on any atom is -0.493 e. The largest absolute Gasteiger partial charge is 0.493 e. The number of para-hydroxylation sites is 1. The molecule has 0 fully saturated rings. The summed E-state index contributed by atoms with van der Waals surface area (Å²) in [6.07, 6.45) is 0. The van der Waals surface area contributed by atoms with Crippen LogP contribution in [0.15, 0.2) is 46.9 Å². The highest BCUT2D eigenvalue weighted by molar-refractivity contribution is 9.10. The Morgan fingerprint density at radius 2 is 2.14 bits per heavy atom. The lowest BCUT2D eigenvalue weighted by Crippen LogP contribution is -2.12. The zero-order valence-electron chi connectivity index (χ0n) is 11.0. The highest BCUT2D eigenvalue weighted by atomic mass is 79.9. The molecule has 2 aromatic carbocycles. The van der Waals surface area contributed by atoms with Gasteiger partial charge >= 0.3 is 0 Å². The number of non-ortho nitro benzene ring substituents is 1. The normalized spacial score (nSPS) is 16.1. The number of ether oxygens (including phenoxy) is 2. The second kappa shape index (κ2) is 5.73. The summed E-state index contributed by atoms with van der Waals surface area (Å²) in [6, 6.07) is 12.3. The lowest BCUT2D eigenvalue weighted by Gasteiger charge is -2.12. The SMILES string of the molecule is O=[N+]([O-])c1ccc(Br)c(OCC2COc3ccccc32)c1. The Hall–Kier alpha value is -2.08. The molecule has 1 aliphatic heterocycles. The smallest absolute Gasteiger partial charge is 0.273 e. The Balaban J connectivity index is 1.74. The molecule has 0 saturated heterocycles. The Bertz CT molecular complexity index is 689. The van der Waals surface area contributed by atoms with E-state index in [0.717, 1.165) is 11.3 Å². The van der Waals surface area contributed by atoms with Crippen molar-refractivity contribution in [2.24, 2.45) is 0 Å². The molecule has 1 heterocycles. The number of hydrogen-bond acceptors (Lipinski definition) is 4. The van der Waals surface area contributed by atoms with Gasteiger partial charge in [-0.2, -0.15) is 0 Å². The molecule has 1 aliphatic rings. The third-order valence-electron chi connectivity index (χ3n) is 3.36. The first-order valence-corrected chi connectivity index (χ1v) is 7.23. The first-order chi connectivity index (χ1) is 10.1. The van der Waals surface area contributed by atoms with E-state index in [1.165, 1.54) is 12.1 Å². The number of fused-ring (bicyclic) bond motifs is 1. The maximum atomic E-state index is 10.8. The number of halogens is 1. The second-order valence-corrected chi connectivity index (χ2v) is 5.58. The van der Waals surface area contributed by atoms with Crippen LogP contribution < -0.4 is 9.47 Å². The van der Waals surface area contributed by atoms with Gasteiger partial charge in [0.25, 0.3) is 5.69 Å². The molecule has 3 rings (SSSR count). The Morgan fingerprint density at radius 3 is 2.95 bits per heavy atom. The van der Waals surface area contributed by atoms with E-state index >= 15 is 0 Å². The second-order valence-electron chi connectivity index (χ2n) is 4.73. The summed E-state index contributed by atoms with van der Waals surface area (Å²) >= 11 is 3.34. The van der Waals surface area contributed by atoms with Crippen molar-refractivity contribution in [2.45, 2.75) is 5.92 Å². The van der Waals surface area contributed by atoms with E-state index < -0.39 is 4.92 Å². The fourth-order valence-corrected chi connectivity index (χ4v) is 2.63. The van der Waals surface area contributed by atoms with Crippen LogP contribution in [0.4, 0.5) is 5.69 Å². The van der Waals surface area contributed by atoms with Gasteiger partial charge in [0.1, 0.15) is 11.5 Å². The standard InChI is InChI=1S/C15H12BrNO4/c16-13-6-5-11(17(18)19)7-15(13)21-9-10-8-20-14-4-2-1-3-12(10)14/h1-7,10H,8-9H2. The molecule has 1 unspecified atom stereocenters. The van der Waals surface area contributed by atoms with Gasteiger partial charge in [0.15, 0.2) is 0 Å². The van der Waals surface area contributed by atoms with Crippen LogP contribution in [0.25, 0.3) is 0 Å². The first kappa shape index (κ1) is 13.9. The number of hydrogen-bond donors (Lipinski definition) is 0. The maximum Gasteiger partial charge on any atom is 0.273 e. The molecule has 21 heavy (non-hydrogen) atoms. The number of nitro benzene ring substituents is 1. The molecule has 108 valence electrons. The molecule has 0 N–H and O–H groups in total. The van der Waals surface area contributed by atoms with Crippen LogP contribution in [0, 0.1) is 10.1 Å². The van der Waals surface area contributed by atoms with E-state index in [4.69, 9.17) is 9.47 Å². The fraction of sp³-hybridized carbons (Fsp3) is 0.200. The van der Waals surface area contributed by atoms with Gasteiger partial charge in [-0.1, -0.05) is 18.2 Å². The number of rotatable bonds is 4. The summed E-state index contributed by atoms with van der Waals surface area (Å²) in [5, 5.41) is 10.8. The van der Waals surface area contributed by atoms with Gasteiger partial charge in [0, 0.05) is 11.6 Å². The summed E-state index contributed by atoms with van der Waals surface area (Å²) in [4.78, 5) is 10.4. The Labute approximate surface area is 129 Å². The van der Waals surface area contributed by atoms with E-state index in [1.807, 2.05) is 24.3 Å². The van der Waals surface area contributed by atoms with Crippen LogP contribution in [0.2, 0.25) is 0 Å². The molecule has 0 aliphatic carbocycles. The molecular formula is C15H12BrNO4. The van der Waals surface area contributed by atoms with Crippen LogP contribution >= 0.6 is 15.9 Å². The molecule has 6 heteroatoms. The van der Waals surface area contributed by atoms with Gasteiger partial charge in [-0.05, 0) is 28.1 Å². The van der Waals surface area contributed by atoms with Crippen molar-refractivity contribution in [1.82, 2.24) is 0 Å². The van der Waals surface area contributed by atoms with Crippen molar-refractivity contribution in [2.75, 3.05) is 13.2 Å². The van der Waals surface area contributed by atoms with Crippen molar-refractivity contribution in [3.8, 4) is 11.5 Å². The van der Waals surface area contributed by atoms with Gasteiger partial charge in [-0.3, -0.25) is 10.1 Å². The minimum absolute atomic E-state index is 0.0104. The van der Waals surface area contributed by atoms with Crippen LogP contribution in [0.3, 0.4) is 0 Å². The zero-order chi connectivity index (χ0) is 14.8. The zero-order valence-corrected chi connectivity index (χ0v) is 12.6. The molecule has 5 nitrogen and oxygen atoms in total. The predicted molar refractivity (Wildman–Crippen MR) is 81.0 cm³/mol. The van der Waals surface area contributed by atoms with Crippen LogP contribution in [0.1, 0.15) is 11.5 Å². The van der Waals surface area contributed by atoms with E-state index in [1.54, 1.807) is 6.07 Å². The Morgan fingerprint density at radius 1 is 1.33 bits per heavy atom. The number of nitro groups is 1. The monoisotopic (exact) mass is 349 g/mol. The highest BCUT2D eigenvalue weighted by Gasteiger charge is 2.24. The third kappa shape index (κ3) is 2.85. The molecule has 0 aromatic heterocycles. The Kier molecular flexibility index (Phi) is 3.79. The minimum atomic E-state index is -0.437. The van der Waals surface area contributed by atoms with Gasteiger partial charge in [0.2, 0.25) is 0 Å². The van der Waals surface area contributed by atoms with Crippen molar-refractivity contribution in [3.05, 3.63) is 62.6 Å². The summed E-state index contributed by atoms with van der Waals surface area (Å²) in [5.41, 5.74) is 1.12. The topological polar surface area (TPSA) is 61.6 Å². The molecular weight excluding hydrogens is 338 g/mol. The van der Waals surface area contributed by atoms with Crippen LogP contribution in [0.5, 0.6) is 11.5 Å². The molecule has 0 radical (unpaired) electrons. The van der Waals surface area contributed by atoms with Crippen molar-refractivity contribution >= 4 is 21.6 Å². The van der Waals surface area contributed by atoms with Gasteiger partial charge < -0.3 is 9.47 Å². The van der Waals surface area contributed by atoms with E-state index in [0.29, 0.717) is 23.4 Å². The molecule has 0 spiro atoms. The number of nitrogens with zero attached hydrogens (tertiary/aromatic N) is 1. The quantitative estimate of drug-likeness (QED) is 0.620. The van der Waals surface area contributed by atoms with E-state index in [9.17, 15) is 10.1 Å². The fourth-order valence-electron chi connectivity index (χ4n) is 2.27. The molecule has 2 aromatic rings. The van der Waals surface area contributed by atoms with Crippen molar-refractivity contribution in [1.29, 1.82) is 0 Å². The highest BCUT2D eigenvalue weighted by Crippen LogP contribution is 2.35. The van der Waals surface area contributed by atoms with Gasteiger partial charge in [0.05, 0.1) is 34.6 Å². The van der Waals surface area contributed by atoms with Crippen LogP contribution in [-0.4, -0.2) is 18.1 Å². The average molecular weight is 350 g/mol. The average Bonchev–Trinajstić information content (AvgIpc) is 2.89. The summed E-state index contributed by atoms with van der Waals surface area (Å²) in [6.45, 7) is 0.975. The summed E-state index contributed by atoms with van der Waals surface area (Å²) in [5.74, 6) is 1.48.